The van der Waals surface area contributed by atoms with Gasteiger partial charge in [-0.15, -0.1) is 22.7 Å². The average molecular weight is 554 g/mol. The maximum absolute atomic E-state index is 13.4. The molecule has 1 aliphatic heterocycles. The van der Waals surface area contributed by atoms with Crippen LogP contribution in [0.4, 0.5) is 5.00 Å². The van der Waals surface area contributed by atoms with Crippen molar-refractivity contribution in [2.24, 2.45) is 0 Å². The highest BCUT2D eigenvalue weighted by atomic mass is 32.1. The van der Waals surface area contributed by atoms with Crippen LogP contribution in [0.2, 0.25) is 0 Å². The van der Waals surface area contributed by atoms with Gasteiger partial charge in [-0.05, 0) is 60.4 Å². The normalized spacial score (nSPS) is 13.4. The Hall–Kier alpha value is -3.52. The number of benzene rings is 3. The summed E-state index contributed by atoms with van der Waals surface area (Å²) in [5.41, 5.74) is 5.33. The van der Waals surface area contributed by atoms with Crippen molar-refractivity contribution in [1.29, 1.82) is 0 Å². The Morgan fingerprint density at radius 3 is 2.59 bits per heavy atom. The number of thiophene rings is 1. The number of para-hydroxylation sites is 1. The molecule has 0 bridgehead atoms. The number of hydrogen-bond donors (Lipinski definition) is 1. The number of unbranched alkanes of at least 4 members (excludes halogenated alkanes) is 1. The van der Waals surface area contributed by atoms with Crippen LogP contribution in [0.1, 0.15) is 46.1 Å². The van der Waals surface area contributed by atoms with Gasteiger partial charge in [-0.3, -0.25) is 9.69 Å². The third kappa shape index (κ3) is 5.76. The Kier molecular flexibility index (Phi) is 7.72. The van der Waals surface area contributed by atoms with Crippen LogP contribution in [0.15, 0.2) is 78.9 Å². The van der Waals surface area contributed by atoms with Crippen LogP contribution in [-0.4, -0.2) is 28.9 Å². The quantitative estimate of drug-likeness (QED) is 0.188. The van der Waals surface area contributed by atoms with Gasteiger partial charge in [-0.2, -0.15) is 0 Å². The van der Waals surface area contributed by atoms with Gasteiger partial charge in [0.25, 0.3) is 5.91 Å². The number of fused-ring (bicyclic) bond motifs is 2. The molecule has 0 spiro atoms. The van der Waals surface area contributed by atoms with E-state index in [1.807, 2.05) is 36.4 Å². The molecule has 3 heterocycles. The van der Waals surface area contributed by atoms with E-state index < -0.39 is 0 Å². The number of carbonyl (C=O) groups is 1. The fraction of sp³-hybridized carbons (Fsp3) is 0.250. The molecule has 0 radical (unpaired) electrons. The SMILES string of the molecule is CCCCOc1ccc(C(=O)Nc2sc3c(c2-c2nc4ccccc4s2)CCN(Cc2ccccc2)C3)cc1. The van der Waals surface area contributed by atoms with Gasteiger partial charge in [-0.1, -0.05) is 55.8 Å². The molecule has 0 unspecified atom stereocenters. The number of ether oxygens (including phenoxy) is 1. The molecular weight excluding hydrogens is 523 g/mol. The number of nitrogens with zero attached hydrogens (tertiary/aromatic N) is 2. The molecule has 5 nitrogen and oxygen atoms in total. The summed E-state index contributed by atoms with van der Waals surface area (Å²) in [7, 11) is 0. The highest BCUT2D eigenvalue weighted by Gasteiger charge is 2.28. The predicted octanol–water partition coefficient (Wildman–Crippen LogP) is 8.01. The van der Waals surface area contributed by atoms with Crippen molar-refractivity contribution in [3.63, 3.8) is 0 Å². The van der Waals surface area contributed by atoms with Gasteiger partial charge in [0.2, 0.25) is 0 Å². The number of amides is 1. The number of thiazole rings is 1. The Morgan fingerprint density at radius 1 is 1.00 bits per heavy atom. The number of nitrogens with one attached hydrogen (secondary N) is 1. The monoisotopic (exact) mass is 553 g/mol. The van der Waals surface area contributed by atoms with E-state index in [1.165, 1.54) is 16.0 Å². The molecule has 1 N–H and O–H groups in total. The zero-order valence-corrected chi connectivity index (χ0v) is 23.6. The molecule has 39 heavy (non-hydrogen) atoms. The first-order chi connectivity index (χ1) is 19.2. The zero-order valence-electron chi connectivity index (χ0n) is 22.0. The molecule has 1 amide bonds. The molecule has 0 fully saturated rings. The minimum atomic E-state index is -0.114. The predicted molar refractivity (Wildman–Crippen MR) is 162 cm³/mol. The van der Waals surface area contributed by atoms with Crippen LogP contribution >= 0.6 is 22.7 Å². The van der Waals surface area contributed by atoms with Gasteiger partial charge >= 0.3 is 0 Å². The highest BCUT2D eigenvalue weighted by molar-refractivity contribution is 7.23. The molecule has 2 aromatic heterocycles. The summed E-state index contributed by atoms with van der Waals surface area (Å²) in [5.74, 6) is 0.678. The molecule has 5 aromatic rings. The van der Waals surface area contributed by atoms with E-state index in [9.17, 15) is 4.79 Å². The summed E-state index contributed by atoms with van der Waals surface area (Å²) >= 11 is 3.38. The first-order valence-electron chi connectivity index (χ1n) is 13.5. The minimum Gasteiger partial charge on any atom is -0.494 e. The van der Waals surface area contributed by atoms with Crippen LogP contribution in [0.3, 0.4) is 0 Å². The zero-order chi connectivity index (χ0) is 26.6. The highest BCUT2D eigenvalue weighted by Crippen LogP contribution is 2.46. The van der Waals surface area contributed by atoms with E-state index in [1.54, 1.807) is 22.7 Å². The van der Waals surface area contributed by atoms with Crippen molar-refractivity contribution in [3.05, 3.63) is 100 Å². The van der Waals surface area contributed by atoms with Crippen molar-refractivity contribution in [2.75, 3.05) is 18.5 Å². The van der Waals surface area contributed by atoms with Gasteiger partial charge < -0.3 is 10.1 Å². The molecule has 1 aliphatic rings. The number of rotatable bonds is 9. The molecule has 0 aliphatic carbocycles. The fourth-order valence-electron chi connectivity index (χ4n) is 4.94. The largest absolute Gasteiger partial charge is 0.494 e. The Morgan fingerprint density at radius 2 is 1.79 bits per heavy atom. The standard InChI is InChI=1S/C32H31N3O2S2/c1-2-3-19-37-24-15-13-23(14-16-24)30(36)34-32-29(31-33-26-11-7-8-12-27(26)38-31)25-17-18-35(21-28(25)39-32)20-22-9-5-4-6-10-22/h4-16H,2-3,17-21H2,1H3,(H,34,36). The fourth-order valence-corrected chi connectivity index (χ4v) is 7.33. The van der Waals surface area contributed by atoms with E-state index in [2.05, 4.69) is 59.6 Å². The van der Waals surface area contributed by atoms with Crippen LogP contribution in [-0.2, 0) is 19.5 Å². The summed E-state index contributed by atoms with van der Waals surface area (Å²) in [6, 6.07) is 26.3. The van der Waals surface area contributed by atoms with Crippen LogP contribution in [0, 0.1) is 0 Å². The molecule has 7 heteroatoms. The maximum atomic E-state index is 13.4. The lowest BCUT2D eigenvalue weighted by molar-refractivity contribution is 0.102. The summed E-state index contributed by atoms with van der Waals surface area (Å²) in [6.07, 6.45) is 3.04. The number of hydrogen-bond acceptors (Lipinski definition) is 6. The molecule has 0 saturated carbocycles. The second-order valence-electron chi connectivity index (χ2n) is 9.82. The van der Waals surface area contributed by atoms with E-state index in [0.29, 0.717) is 12.2 Å². The molecule has 3 aromatic carbocycles. The maximum Gasteiger partial charge on any atom is 0.256 e. The minimum absolute atomic E-state index is 0.114. The van der Waals surface area contributed by atoms with Gasteiger partial charge in [-0.25, -0.2) is 4.98 Å². The number of aromatic nitrogens is 1. The van der Waals surface area contributed by atoms with Gasteiger partial charge in [0.15, 0.2) is 0 Å². The summed E-state index contributed by atoms with van der Waals surface area (Å²) in [5, 5.41) is 5.11. The third-order valence-electron chi connectivity index (χ3n) is 7.00. The van der Waals surface area contributed by atoms with Gasteiger partial charge in [0, 0.05) is 35.6 Å². The lowest BCUT2D eigenvalue weighted by atomic mass is 10.0. The second-order valence-corrected chi connectivity index (χ2v) is 12.0. The van der Waals surface area contributed by atoms with E-state index in [4.69, 9.17) is 9.72 Å². The molecule has 198 valence electrons. The lowest BCUT2D eigenvalue weighted by Gasteiger charge is -2.27. The van der Waals surface area contributed by atoms with E-state index in [-0.39, 0.29) is 5.91 Å². The molecular formula is C32H31N3O2S2. The third-order valence-corrected chi connectivity index (χ3v) is 9.19. The first kappa shape index (κ1) is 25.7. The summed E-state index contributed by atoms with van der Waals surface area (Å²) in [4.78, 5) is 22.2. The van der Waals surface area contributed by atoms with Gasteiger partial charge in [0.1, 0.15) is 15.8 Å². The van der Waals surface area contributed by atoms with Crippen molar-refractivity contribution in [1.82, 2.24) is 9.88 Å². The topological polar surface area (TPSA) is 54.5 Å². The van der Waals surface area contributed by atoms with Crippen LogP contribution < -0.4 is 10.1 Å². The van der Waals surface area contributed by atoms with Crippen molar-refractivity contribution in [3.8, 4) is 16.3 Å². The van der Waals surface area contributed by atoms with Crippen molar-refractivity contribution < 1.29 is 9.53 Å². The molecule has 0 saturated heterocycles. The first-order valence-corrected chi connectivity index (χ1v) is 15.1. The van der Waals surface area contributed by atoms with Crippen LogP contribution in [0.5, 0.6) is 5.75 Å². The summed E-state index contributed by atoms with van der Waals surface area (Å²) in [6.45, 7) is 5.59. The van der Waals surface area contributed by atoms with Crippen molar-refractivity contribution >= 4 is 43.8 Å². The number of carbonyl (C=O) groups excluding carboxylic acids is 1. The smallest absolute Gasteiger partial charge is 0.256 e. The van der Waals surface area contributed by atoms with Gasteiger partial charge in [0.05, 0.1) is 16.8 Å². The molecule has 0 atom stereocenters. The van der Waals surface area contributed by atoms with Crippen LogP contribution in [0.25, 0.3) is 20.8 Å². The van der Waals surface area contributed by atoms with Crippen molar-refractivity contribution in [2.45, 2.75) is 39.3 Å². The Labute approximate surface area is 237 Å². The van der Waals surface area contributed by atoms with E-state index in [0.717, 1.165) is 70.4 Å². The Bertz CT molecular complexity index is 1540. The summed E-state index contributed by atoms with van der Waals surface area (Å²) < 4.78 is 6.93. The van der Waals surface area contributed by atoms with E-state index >= 15 is 0 Å². The lowest BCUT2D eigenvalue weighted by Crippen LogP contribution is -2.29. The molecule has 6 rings (SSSR count). The Balaban J connectivity index is 1.29. The number of anilines is 1. The second kappa shape index (κ2) is 11.7. The average Bonchev–Trinajstić information content (AvgIpc) is 3.54.